The molecule has 0 fully saturated rings. The molecule has 29 heavy (non-hydrogen) atoms. The molecule has 0 atom stereocenters. The van der Waals surface area contributed by atoms with Crippen LogP contribution in [0.3, 0.4) is 0 Å². The molecule has 4 aromatic rings. The second-order valence-electron chi connectivity index (χ2n) is 7.49. The smallest absolute Gasteiger partial charge is 0.344 e. The average molecular weight is 381 g/mol. The Morgan fingerprint density at radius 3 is 2.34 bits per heavy atom. The molecule has 0 N–H and O–H groups in total. The van der Waals surface area contributed by atoms with Gasteiger partial charge in [-0.1, -0.05) is 54.1 Å². The topological polar surface area (TPSA) is 39.2 Å². The molecule has 3 aromatic carbocycles. The summed E-state index contributed by atoms with van der Waals surface area (Å²) in [6.07, 6.45) is 0. The van der Waals surface area contributed by atoms with Crippen molar-refractivity contribution in [3.8, 4) is 17.0 Å². The third-order valence-corrected chi connectivity index (χ3v) is 5.30. The van der Waals surface area contributed by atoms with E-state index in [1.807, 2.05) is 88.4 Å². The zero-order valence-corrected chi connectivity index (χ0v) is 17.1. The van der Waals surface area contributed by atoms with Crippen LogP contribution in [0.2, 0.25) is 0 Å². The molecule has 0 aliphatic rings. The van der Waals surface area contributed by atoms with Crippen molar-refractivity contribution in [2.24, 2.45) is 0 Å². The number of carbonyl (C=O) groups excluding carboxylic acids is 1. The number of fused-ring (bicyclic) bond motifs is 1. The molecule has 0 aliphatic heterocycles. The summed E-state index contributed by atoms with van der Waals surface area (Å²) in [5.74, 6) is 0.221. The van der Waals surface area contributed by atoms with Crippen LogP contribution in [-0.4, -0.2) is 11.0 Å². The maximum Gasteiger partial charge on any atom is 0.344 e. The lowest BCUT2D eigenvalue weighted by Gasteiger charge is -2.14. The van der Waals surface area contributed by atoms with Crippen molar-refractivity contribution < 1.29 is 9.53 Å². The van der Waals surface area contributed by atoms with Crippen LogP contribution < -0.4 is 4.74 Å². The van der Waals surface area contributed by atoms with Crippen molar-refractivity contribution in [2.45, 2.75) is 27.7 Å². The molecule has 0 unspecified atom stereocenters. The Hall–Kier alpha value is -3.46. The average Bonchev–Trinajstić information content (AvgIpc) is 2.71. The first kappa shape index (κ1) is 18.9. The van der Waals surface area contributed by atoms with Crippen molar-refractivity contribution in [1.29, 1.82) is 0 Å². The second-order valence-corrected chi connectivity index (χ2v) is 7.49. The van der Waals surface area contributed by atoms with Crippen LogP contribution in [0, 0.1) is 27.7 Å². The molecule has 3 nitrogen and oxygen atoms in total. The molecule has 0 saturated heterocycles. The van der Waals surface area contributed by atoms with E-state index in [9.17, 15) is 4.79 Å². The molecule has 1 aromatic heterocycles. The van der Waals surface area contributed by atoms with Gasteiger partial charge in [0.25, 0.3) is 0 Å². The van der Waals surface area contributed by atoms with Gasteiger partial charge in [-0.05, 0) is 62.6 Å². The lowest BCUT2D eigenvalue weighted by molar-refractivity contribution is 0.0735. The monoisotopic (exact) mass is 381 g/mol. The quantitative estimate of drug-likeness (QED) is 0.306. The van der Waals surface area contributed by atoms with Gasteiger partial charge in [-0.2, -0.15) is 0 Å². The number of benzene rings is 3. The third-order valence-electron chi connectivity index (χ3n) is 5.30. The van der Waals surface area contributed by atoms with E-state index in [-0.39, 0.29) is 5.97 Å². The Balaban J connectivity index is 1.89. The van der Waals surface area contributed by atoms with Gasteiger partial charge in [0.15, 0.2) is 0 Å². The first-order chi connectivity index (χ1) is 13.9. The molecule has 1 heterocycles. The number of carbonyl (C=O) groups is 1. The zero-order valence-electron chi connectivity index (χ0n) is 17.1. The number of hydrogen-bond acceptors (Lipinski definition) is 3. The number of rotatable bonds is 3. The first-order valence-corrected chi connectivity index (χ1v) is 9.70. The van der Waals surface area contributed by atoms with Crippen LogP contribution >= 0.6 is 0 Å². The van der Waals surface area contributed by atoms with E-state index in [1.54, 1.807) is 0 Å². The Kier molecular flexibility index (Phi) is 4.89. The van der Waals surface area contributed by atoms with Crippen LogP contribution in [0.4, 0.5) is 0 Å². The van der Waals surface area contributed by atoms with Crippen LogP contribution in [0.25, 0.3) is 22.2 Å². The van der Waals surface area contributed by atoms with Crippen molar-refractivity contribution >= 4 is 16.9 Å². The zero-order chi connectivity index (χ0) is 20.5. The van der Waals surface area contributed by atoms with Gasteiger partial charge in [0, 0.05) is 10.9 Å². The van der Waals surface area contributed by atoms with Gasteiger partial charge < -0.3 is 4.74 Å². The molecule has 4 rings (SSSR count). The summed E-state index contributed by atoms with van der Waals surface area (Å²) in [7, 11) is 0. The molecule has 144 valence electrons. The Morgan fingerprint density at radius 1 is 0.828 bits per heavy atom. The number of pyridine rings is 1. The highest BCUT2D eigenvalue weighted by Crippen LogP contribution is 2.29. The van der Waals surface area contributed by atoms with E-state index < -0.39 is 0 Å². The third kappa shape index (κ3) is 3.64. The summed E-state index contributed by atoms with van der Waals surface area (Å²) in [5, 5.41) is 0.817. The summed E-state index contributed by atoms with van der Waals surface area (Å²) in [6, 6.07) is 21.6. The molecule has 0 saturated carbocycles. The number of hydrogen-bond donors (Lipinski definition) is 0. The number of aryl methyl sites for hydroxylation is 3. The lowest BCUT2D eigenvalue weighted by Crippen LogP contribution is -2.11. The van der Waals surface area contributed by atoms with Crippen LogP contribution in [0.15, 0.2) is 66.7 Å². The van der Waals surface area contributed by atoms with Gasteiger partial charge in [0.2, 0.25) is 0 Å². The maximum absolute atomic E-state index is 13.2. The predicted molar refractivity (Wildman–Crippen MR) is 118 cm³/mol. The summed E-state index contributed by atoms with van der Waals surface area (Å²) in [6.45, 7) is 8.02. The van der Waals surface area contributed by atoms with E-state index in [4.69, 9.17) is 9.72 Å². The minimum absolute atomic E-state index is 0.367. The van der Waals surface area contributed by atoms with Gasteiger partial charge in [0.1, 0.15) is 5.75 Å². The van der Waals surface area contributed by atoms with E-state index in [0.29, 0.717) is 11.3 Å². The number of nitrogens with zero attached hydrogens (tertiary/aromatic N) is 1. The molecule has 3 heteroatoms. The fraction of sp³-hybridized carbons (Fsp3) is 0.154. The Labute approximate surface area is 171 Å². The van der Waals surface area contributed by atoms with E-state index in [1.165, 1.54) is 0 Å². The van der Waals surface area contributed by atoms with Crippen molar-refractivity contribution in [2.75, 3.05) is 0 Å². The summed E-state index contributed by atoms with van der Waals surface area (Å²) < 4.78 is 5.82. The van der Waals surface area contributed by atoms with Gasteiger partial charge in [0.05, 0.1) is 16.8 Å². The Bertz CT molecular complexity index is 1230. The number of ether oxygens (including phenoxy) is 1. The van der Waals surface area contributed by atoms with Crippen LogP contribution in [-0.2, 0) is 0 Å². The predicted octanol–water partition coefficient (Wildman–Crippen LogP) is 6.35. The SMILES string of the molecule is Cc1cc(C)c2nc(-c3ccccc3)cc(C(=O)Oc3cccc(C)c3C)c2c1. The molecular weight excluding hydrogens is 358 g/mol. The fourth-order valence-electron chi connectivity index (χ4n) is 3.60. The van der Waals surface area contributed by atoms with Gasteiger partial charge in [-0.15, -0.1) is 0 Å². The number of esters is 1. The van der Waals surface area contributed by atoms with E-state index in [0.717, 1.165) is 44.4 Å². The van der Waals surface area contributed by atoms with Crippen LogP contribution in [0.5, 0.6) is 5.75 Å². The Morgan fingerprint density at radius 2 is 1.59 bits per heavy atom. The van der Waals surface area contributed by atoms with Crippen molar-refractivity contribution in [3.63, 3.8) is 0 Å². The summed E-state index contributed by atoms with van der Waals surface area (Å²) in [5.41, 5.74) is 7.27. The van der Waals surface area contributed by atoms with Crippen molar-refractivity contribution in [3.05, 3.63) is 94.5 Å². The molecule has 0 bridgehead atoms. The van der Waals surface area contributed by atoms with Gasteiger partial charge in [-0.3, -0.25) is 0 Å². The highest BCUT2D eigenvalue weighted by molar-refractivity contribution is 6.06. The van der Waals surface area contributed by atoms with E-state index >= 15 is 0 Å². The normalized spacial score (nSPS) is 10.9. The number of aromatic nitrogens is 1. The van der Waals surface area contributed by atoms with Crippen LogP contribution in [0.1, 0.15) is 32.6 Å². The first-order valence-electron chi connectivity index (χ1n) is 9.70. The summed E-state index contributed by atoms with van der Waals surface area (Å²) in [4.78, 5) is 18.1. The standard InChI is InChI=1S/C26H23NO2/c1-16-13-18(3)25-21(14-16)22(15-23(27-25)20-10-6-5-7-11-20)26(28)29-24-12-8-9-17(2)19(24)4/h5-15H,1-4H3. The maximum atomic E-state index is 13.2. The molecule has 0 spiro atoms. The molecule has 0 aliphatic carbocycles. The van der Waals surface area contributed by atoms with Gasteiger partial charge >= 0.3 is 5.97 Å². The van der Waals surface area contributed by atoms with Gasteiger partial charge in [-0.25, -0.2) is 9.78 Å². The molecule has 0 radical (unpaired) electrons. The van der Waals surface area contributed by atoms with E-state index in [2.05, 4.69) is 6.07 Å². The largest absolute Gasteiger partial charge is 0.423 e. The highest BCUT2D eigenvalue weighted by Gasteiger charge is 2.18. The lowest BCUT2D eigenvalue weighted by atomic mass is 10.00. The minimum atomic E-state index is -0.367. The molecular formula is C26H23NO2. The molecule has 0 amide bonds. The van der Waals surface area contributed by atoms with Crippen molar-refractivity contribution in [1.82, 2.24) is 4.98 Å². The highest BCUT2D eigenvalue weighted by atomic mass is 16.5. The summed E-state index contributed by atoms with van der Waals surface area (Å²) >= 11 is 0. The minimum Gasteiger partial charge on any atom is -0.423 e. The fourth-order valence-corrected chi connectivity index (χ4v) is 3.60. The second kappa shape index (κ2) is 7.51.